The number of hydrogen-bond acceptors (Lipinski definition) is 3. The lowest BCUT2D eigenvalue weighted by molar-refractivity contribution is -0.116. The van der Waals surface area contributed by atoms with Gasteiger partial charge in [-0.1, -0.05) is 25.1 Å². The molecule has 0 atom stereocenters. The SMILES string of the molecule is CC1CCN(c2ccc(NC(=O)CCc3cnn(-c4ccccc4)c3)cc2)CC1. The average Bonchev–Trinajstić information content (AvgIpc) is 3.23. The van der Waals surface area contributed by atoms with Crippen LogP contribution in [0.2, 0.25) is 0 Å². The van der Waals surface area contributed by atoms with Gasteiger partial charge in [-0.25, -0.2) is 4.68 Å². The Labute approximate surface area is 172 Å². The highest BCUT2D eigenvalue weighted by Gasteiger charge is 2.16. The molecule has 0 unspecified atom stereocenters. The Kier molecular flexibility index (Phi) is 5.94. The van der Waals surface area contributed by atoms with E-state index in [1.54, 1.807) is 0 Å². The second-order valence-corrected chi connectivity index (χ2v) is 7.89. The molecular formula is C24H28N4O. The van der Waals surface area contributed by atoms with Crippen molar-refractivity contribution < 1.29 is 4.79 Å². The fourth-order valence-electron chi connectivity index (χ4n) is 3.71. The highest BCUT2D eigenvalue weighted by Crippen LogP contribution is 2.24. The molecule has 5 nitrogen and oxygen atoms in total. The van der Waals surface area contributed by atoms with Gasteiger partial charge in [0.15, 0.2) is 0 Å². The Morgan fingerprint density at radius 3 is 2.48 bits per heavy atom. The molecule has 5 heteroatoms. The van der Waals surface area contributed by atoms with E-state index in [1.807, 2.05) is 59.5 Å². The van der Waals surface area contributed by atoms with Crippen LogP contribution in [0.25, 0.3) is 5.69 Å². The van der Waals surface area contributed by atoms with Gasteiger partial charge in [-0.05, 0) is 67.1 Å². The zero-order valence-electron chi connectivity index (χ0n) is 16.9. The van der Waals surface area contributed by atoms with E-state index in [-0.39, 0.29) is 5.91 Å². The number of aryl methyl sites for hydroxylation is 1. The molecule has 1 saturated heterocycles. The zero-order chi connectivity index (χ0) is 20.1. The van der Waals surface area contributed by atoms with Crippen LogP contribution < -0.4 is 10.2 Å². The van der Waals surface area contributed by atoms with E-state index in [9.17, 15) is 4.79 Å². The highest BCUT2D eigenvalue weighted by molar-refractivity contribution is 5.91. The van der Waals surface area contributed by atoms with Gasteiger partial charge >= 0.3 is 0 Å². The zero-order valence-corrected chi connectivity index (χ0v) is 16.9. The second kappa shape index (κ2) is 8.95. The molecule has 4 rings (SSSR count). The number of amides is 1. The van der Waals surface area contributed by atoms with Crippen molar-refractivity contribution >= 4 is 17.3 Å². The molecule has 2 aromatic carbocycles. The molecule has 0 saturated carbocycles. The first-order valence-corrected chi connectivity index (χ1v) is 10.4. The van der Waals surface area contributed by atoms with E-state index in [2.05, 4.69) is 34.4 Å². The topological polar surface area (TPSA) is 50.2 Å². The molecule has 29 heavy (non-hydrogen) atoms. The number of carbonyl (C=O) groups excluding carboxylic acids is 1. The van der Waals surface area contributed by atoms with Crippen LogP contribution in [0.15, 0.2) is 67.0 Å². The van der Waals surface area contributed by atoms with Gasteiger partial charge in [0.2, 0.25) is 5.91 Å². The van der Waals surface area contributed by atoms with E-state index in [1.165, 1.54) is 18.5 Å². The van der Waals surface area contributed by atoms with Gasteiger partial charge in [0.25, 0.3) is 0 Å². The van der Waals surface area contributed by atoms with Crippen molar-refractivity contribution in [2.24, 2.45) is 5.92 Å². The Balaban J connectivity index is 1.27. The summed E-state index contributed by atoms with van der Waals surface area (Å²) in [6.45, 7) is 4.55. The van der Waals surface area contributed by atoms with E-state index >= 15 is 0 Å². The van der Waals surface area contributed by atoms with Crippen molar-refractivity contribution in [3.05, 3.63) is 72.6 Å². The average molecular weight is 389 g/mol. The molecule has 0 radical (unpaired) electrons. The van der Waals surface area contributed by atoms with Crippen molar-refractivity contribution in [3.63, 3.8) is 0 Å². The molecule has 0 aliphatic carbocycles. The molecule has 1 N–H and O–H groups in total. The molecule has 150 valence electrons. The second-order valence-electron chi connectivity index (χ2n) is 7.89. The summed E-state index contributed by atoms with van der Waals surface area (Å²) in [5.41, 5.74) is 4.16. The first-order chi connectivity index (χ1) is 14.2. The molecule has 1 fully saturated rings. The third-order valence-corrected chi connectivity index (χ3v) is 5.60. The minimum Gasteiger partial charge on any atom is -0.372 e. The number of carbonyl (C=O) groups is 1. The number of aromatic nitrogens is 2. The lowest BCUT2D eigenvalue weighted by atomic mass is 9.99. The number of nitrogens with zero attached hydrogens (tertiary/aromatic N) is 3. The van der Waals surface area contributed by atoms with Gasteiger partial charge in [0, 0.05) is 37.1 Å². The fourth-order valence-corrected chi connectivity index (χ4v) is 3.71. The third kappa shape index (κ3) is 5.05. The molecule has 1 amide bonds. The maximum atomic E-state index is 12.3. The number of piperidine rings is 1. The lowest BCUT2D eigenvalue weighted by Gasteiger charge is -2.32. The van der Waals surface area contributed by atoms with E-state index in [0.717, 1.165) is 35.9 Å². The molecule has 2 heterocycles. The Hall–Kier alpha value is -3.08. The van der Waals surface area contributed by atoms with Crippen molar-refractivity contribution in [1.82, 2.24) is 9.78 Å². The van der Waals surface area contributed by atoms with Crippen LogP contribution in [0.3, 0.4) is 0 Å². The summed E-state index contributed by atoms with van der Waals surface area (Å²) in [7, 11) is 0. The van der Waals surface area contributed by atoms with Gasteiger partial charge in [-0.2, -0.15) is 5.10 Å². The number of rotatable bonds is 6. The van der Waals surface area contributed by atoms with Crippen LogP contribution in [-0.2, 0) is 11.2 Å². The minimum absolute atomic E-state index is 0.0250. The summed E-state index contributed by atoms with van der Waals surface area (Å²) in [4.78, 5) is 14.8. The van der Waals surface area contributed by atoms with Gasteiger partial charge in [0.1, 0.15) is 0 Å². The summed E-state index contributed by atoms with van der Waals surface area (Å²) in [6, 6.07) is 18.2. The number of benzene rings is 2. The van der Waals surface area contributed by atoms with Crippen LogP contribution in [-0.4, -0.2) is 28.8 Å². The first-order valence-electron chi connectivity index (χ1n) is 10.4. The number of para-hydroxylation sites is 1. The van der Waals surface area contributed by atoms with Crippen molar-refractivity contribution in [2.45, 2.75) is 32.6 Å². The van der Waals surface area contributed by atoms with Crippen molar-refractivity contribution in [2.75, 3.05) is 23.3 Å². The third-order valence-electron chi connectivity index (χ3n) is 5.60. The highest BCUT2D eigenvalue weighted by atomic mass is 16.1. The van der Waals surface area contributed by atoms with Crippen molar-refractivity contribution in [3.8, 4) is 5.69 Å². The summed E-state index contributed by atoms with van der Waals surface area (Å²) in [5, 5.41) is 7.39. The fraction of sp³-hybridized carbons (Fsp3) is 0.333. The maximum Gasteiger partial charge on any atom is 0.224 e. The molecule has 1 aliphatic heterocycles. The van der Waals surface area contributed by atoms with Crippen LogP contribution in [0.5, 0.6) is 0 Å². The van der Waals surface area contributed by atoms with Crippen LogP contribution in [0.4, 0.5) is 11.4 Å². The quantitative estimate of drug-likeness (QED) is 0.667. The van der Waals surface area contributed by atoms with Crippen LogP contribution in [0, 0.1) is 5.92 Å². The maximum absolute atomic E-state index is 12.3. The predicted octanol–water partition coefficient (Wildman–Crippen LogP) is 4.68. The summed E-state index contributed by atoms with van der Waals surface area (Å²) < 4.78 is 1.84. The number of anilines is 2. The number of hydrogen-bond donors (Lipinski definition) is 1. The van der Waals surface area contributed by atoms with E-state index < -0.39 is 0 Å². The monoisotopic (exact) mass is 388 g/mol. The van der Waals surface area contributed by atoms with Crippen LogP contribution >= 0.6 is 0 Å². The van der Waals surface area contributed by atoms with Gasteiger partial charge in [-0.3, -0.25) is 4.79 Å². The Morgan fingerprint density at radius 1 is 1.03 bits per heavy atom. The normalized spacial score (nSPS) is 14.7. The Bertz CT molecular complexity index is 925. The molecule has 3 aromatic rings. The largest absolute Gasteiger partial charge is 0.372 e. The van der Waals surface area contributed by atoms with Gasteiger partial charge in [0.05, 0.1) is 11.9 Å². The summed E-state index contributed by atoms with van der Waals surface area (Å²) in [6.07, 6.45) is 7.42. The molecule has 0 bridgehead atoms. The molecule has 0 spiro atoms. The molecular weight excluding hydrogens is 360 g/mol. The molecule has 1 aromatic heterocycles. The molecule has 1 aliphatic rings. The van der Waals surface area contributed by atoms with Crippen LogP contribution in [0.1, 0.15) is 31.7 Å². The van der Waals surface area contributed by atoms with Crippen molar-refractivity contribution in [1.29, 1.82) is 0 Å². The van der Waals surface area contributed by atoms with E-state index in [0.29, 0.717) is 12.8 Å². The lowest BCUT2D eigenvalue weighted by Crippen LogP contribution is -2.32. The summed E-state index contributed by atoms with van der Waals surface area (Å²) in [5.74, 6) is 0.849. The van der Waals surface area contributed by atoms with Gasteiger partial charge in [-0.15, -0.1) is 0 Å². The predicted molar refractivity (Wildman–Crippen MR) is 118 cm³/mol. The number of nitrogens with one attached hydrogen (secondary N) is 1. The minimum atomic E-state index is 0.0250. The van der Waals surface area contributed by atoms with Gasteiger partial charge < -0.3 is 10.2 Å². The Morgan fingerprint density at radius 2 is 1.76 bits per heavy atom. The standard InChI is InChI=1S/C24H28N4O/c1-19-13-15-27(16-14-19)22-10-8-21(9-11-22)26-24(29)12-7-20-17-25-28(18-20)23-5-3-2-4-6-23/h2-6,8-11,17-19H,7,12-16H2,1H3,(H,26,29). The first kappa shape index (κ1) is 19.2. The smallest absolute Gasteiger partial charge is 0.224 e. The van der Waals surface area contributed by atoms with E-state index in [4.69, 9.17) is 0 Å². The summed E-state index contributed by atoms with van der Waals surface area (Å²) >= 11 is 0.